The smallest absolute Gasteiger partial charge is 0.407 e. The summed E-state index contributed by atoms with van der Waals surface area (Å²) in [6.45, 7) is 0.364. The van der Waals surface area contributed by atoms with Crippen molar-refractivity contribution in [3.63, 3.8) is 0 Å². The second-order valence-electron chi connectivity index (χ2n) is 3.59. The van der Waals surface area contributed by atoms with Crippen molar-refractivity contribution in [2.75, 3.05) is 6.61 Å². The Bertz CT molecular complexity index is 353. The standard InChI is InChI=1S/C13H16O4S/c14-10-6-1-2-7-11-16-13(15)18-17-12-8-4-3-5-9-12/h3-5,8-10H,1-2,6-7,11H2. The van der Waals surface area contributed by atoms with E-state index in [0.29, 0.717) is 30.8 Å². The molecule has 0 bridgehead atoms. The van der Waals surface area contributed by atoms with E-state index in [2.05, 4.69) is 0 Å². The fourth-order valence-corrected chi connectivity index (χ4v) is 1.65. The quantitative estimate of drug-likeness (QED) is 0.312. The van der Waals surface area contributed by atoms with Crippen molar-refractivity contribution in [1.82, 2.24) is 0 Å². The Balaban J connectivity index is 2.02. The molecule has 0 unspecified atom stereocenters. The number of carbonyl (C=O) groups is 2. The minimum atomic E-state index is -0.450. The van der Waals surface area contributed by atoms with Gasteiger partial charge in [-0.25, -0.2) is 4.79 Å². The lowest BCUT2D eigenvalue weighted by atomic mass is 10.2. The lowest BCUT2D eigenvalue weighted by Crippen LogP contribution is -2.01. The molecule has 0 radical (unpaired) electrons. The van der Waals surface area contributed by atoms with Gasteiger partial charge in [-0.05, 0) is 31.4 Å². The first-order valence-electron chi connectivity index (χ1n) is 5.83. The first-order chi connectivity index (χ1) is 8.83. The molecule has 0 amide bonds. The fraction of sp³-hybridized carbons (Fsp3) is 0.385. The van der Waals surface area contributed by atoms with E-state index < -0.39 is 5.30 Å². The van der Waals surface area contributed by atoms with Gasteiger partial charge < -0.3 is 13.7 Å². The van der Waals surface area contributed by atoms with Crippen LogP contribution in [0.2, 0.25) is 0 Å². The zero-order valence-corrected chi connectivity index (χ0v) is 10.9. The number of hydrogen-bond acceptors (Lipinski definition) is 5. The molecule has 1 aromatic rings. The van der Waals surface area contributed by atoms with E-state index in [4.69, 9.17) is 8.92 Å². The molecule has 18 heavy (non-hydrogen) atoms. The zero-order chi connectivity index (χ0) is 13.1. The Hall–Kier alpha value is -1.49. The normalized spacial score (nSPS) is 9.78. The molecule has 5 heteroatoms. The molecule has 0 saturated carbocycles. The van der Waals surface area contributed by atoms with E-state index in [1.165, 1.54) is 0 Å². The molecule has 0 aliphatic rings. The maximum atomic E-state index is 11.3. The third-order valence-corrected chi connectivity index (χ3v) is 2.67. The summed E-state index contributed by atoms with van der Waals surface area (Å²) in [4.78, 5) is 21.3. The molecular formula is C13H16O4S. The Morgan fingerprint density at radius 2 is 1.94 bits per heavy atom. The molecule has 4 nitrogen and oxygen atoms in total. The Kier molecular flexibility index (Phi) is 7.72. The van der Waals surface area contributed by atoms with Crippen LogP contribution in [0, 0.1) is 0 Å². The van der Waals surface area contributed by atoms with Crippen LogP contribution in [0.5, 0.6) is 5.75 Å². The molecule has 0 atom stereocenters. The third-order valence-electron chi connectivity index (χ3n) is 2.14. The van der Waals surface area contributed by atoms with Crippen molar-refractivity contribution >= 4 is 23.6 Å². The number of rotatable bonds is 8. The molecule has 1 aromatic carbocycles. The monoisotopic (exact) mass is 268 g/mol. The van der Waals surface area contributed by atoms with E-state index in [1.54, 1.807) is 12.1 Å². The van der Waals surface area contributed by atoms with Gasteiger partial charge in [-0.3, -0.25) is 0 Å². The summed E-state index contributed by atoms with van der Waals surface area (Å²) in [6, 6.07) is 9.05. The Labute approximate surface area is 111 Å². The molecule has 0 aliphatic heterocycles. The van der Waals surface area contributed by atoms with Crippen LogP contribution in [0.3, 0.4) is 0 Å². The first kappa shape index (κ1) is 14.6. The first-order valence-corrected chi connectivity index (χ1v) is 6.57. The van der Waals surface area contributed by atoms with Crippen LogP contribution in [0.1, 0.15) is 25.7 Å². The molecule has 0 saturated heterocycles. The van der Waals surface area contributed by atoms with Crippen molar-refractivity contribution in [3.8, 4) is 5.75 Å². The molecule has 0 aromatic heterocycles. The summed E-state index contributed by atoms with van der Waals surface area (Å²) in [5, 5.41) is -0.450. The summed E-state index contributed by atoms with van der Waals surface area (Å²) < 4.78 is 10.1. The van der Waals surface area contributed by atoms with Gasteiger partial charge in [-0.1, -0.05) is 18.2 Å². The predicted octanol–water partition coefficient (Wildman–Crippen LogP) is 3.61. The largest absolute Gasteiger partial charge is 0.455 e. The van der Waals surface area contributed by atoms with Crippen molar-refractivity contribution in [3.05, 3.63) is 30.3 Å². The second kappa shape index (κ2) is 9.53. The summed E-state index contributed by atoms with van der Waals surface area (Å²) in [5.41, 5.74) is 0. The maximum absolute atomic E-state index is 11.3. The highest BCUT2D eigenvalue weighted by Gasteiger charge is 2.05. The predicted molar refractivity (Wildman–Crippen MR) is 70.5 cm³/mol. The molecule has 1 rings (SSSR count). The molecule has 0 spiro atoms. The van der Waals surface area contributed by atoms with Gasteiger partial charge in [-0.15, -0.1) is 0 Å². The van der Waals surface area contributed by atoms with Crippen LogP contribution in [0.25, 0.3) is 0 Å². The van der Waals surface area contributed by atoms with Gasteiger partial charge in [0.2, 0.25) is 0 Å². The van der Waals surface area contributed by atoms with Crippen LogP contribution >= 0.6 is 12.0 Å². The number of unbranched alkanes of at least 4 members (excludes halogenated alkanes) is 3. The number of aldehydes is 1. The molecule has 0 fully saturated rings. The Morgan fingerprint density at radius 3 is 2.67 bits per heavy atom. The second-order valence-corrected chi connectivity index (χ2v) is 4.26. The van der Waals surface area contributed by atoms with Crippen molar-refractivity contribution in [2.45, 2.75) is 25.7 Å². The van der Waals surface area contributed by atoms with E-state index in [1.807, 2.05) is 18.2 Å². The van der Waals surface area contributed by atoms with Gasteiger partial charge in [-0.2, -0.15) is 0 Å². The van der Waals surface area contributed by atoms with Crippen molar-refractivity contribution in [1.29, 1.82) is 0 Å². The molecule has 0 aliphatic carbocycles. The lowest BCUT2D eigenvalue weighted by molar-refractivity contribution is -0.107. The van der Waals surface area contributed by atoms with Gasteiger partial charge in [0.05, 0.1) is 6.61 Å². The highest BCUT2D eigenvalue weighted by atomic mass is 32.2. The summed E-state index contributed by atoms with van der Waals surface area (Å²) in [7, 11) is 0. The van der Waals surface area contributed by atoms with Crippen LogP contribution < -0.4 is 4.18 Å². The van der Waals surface area contributed by atoms with Crippen LogP contribution in [0.4, 0.5) is 4.79 Å². The molecule has 0 N–H and O–H groups in total. The highest BCUT2D eigenvalue weighted by molar-refractivity contribution is 8.09. The number of carbonyl (C=O) groups excluding carboxylic acids is 2. The van der Waals surface area contributed by atoms with Crippen LogP contribution in [0.15, 0.2) is 30.3 Å². The van der Waals surface area contributed by atoms with Gasteiger partial charge in [0.25, 0.3) is 0 Å². The zero-order valence-electron chi connectivity index (χ0n) is 10.0. The highest BCUT2D eigenvalue weighted by Crippen LogP contribution is 2.16. The van der Waals surface area contributed by atoms with E-state index in [9.17, 15) is 9.59 Å². The number of ether oxygens (including phenoxy) is 1. The Morgan fingerprint density at radius 1 is 1.17 bits per heavy atom. The average molecular weight is 268 g/mol. The molecule has 98 valence electrons. The van der Waals surface area contributed by atoms with Gasteiger partial charge in [0.15, 0.2) is 12.0 Å². The van der Waals surface area contributed by atoms with Gasteiger partial charge in [0.1, 0.15) is 12.0 Å². The van der Waals surface area contributed by atoms with Gasteiger partial charge in [0, 0.05) is 6.42 Å². The summed E-state index contributed by atoms with van der Waals surface area (Å²) in [6.07, 6.45) is 3.96. The topological polar surface area (TPSA) is 52.6 Å². The number of hydrogen-bond donors (Lipinski definition) is 0. The van der Waals surface area contributed by atoms with E-state index in [0.717, 1.165) is 25.5 Å². The van der Waals surface area contributed by atoms with Crippen LogP contribution in [-0.2, 0) is 9.53 Å². The number of para-hydroxylation sites is 1. The average Bonchev–Trinajstić information content (AvgIpc) is 2.41. The fourth-order valence-electron chi connectivity index (χ4n) is 1.24. The minimum absolute atomic E-state index is 0.364. The van der Waals surface area contributed by atoms with E-state index in [-0.39, 0.29) is 0 Å². The molecule has 0 heterocycles. The molecular weight excluding hydrogens is 252 g/mol. The lowest BCUT2D eigenvalue weighted by Gasteiger charge is -2.04. The maximum Gasteiger partial charge on any atom is 0.407 e. The SMILES string of the molecule is O=CCCCCCOC(=O)SOc1ccccc1. The third kappa shape index (κ3) is 6.96. The van der Waals surface area contributed by atoms with Gasteiger partial charge >= 0.3 is 5.30 Å². The van der Waals surface area contributed by atoms with Crippen molar-refractivity contribution in [2.24, 2.45) is 0 Å². The summed E-state index contributed by atoms with van der Waals surface area (Å²) in [5.74, 6) is 0.616. The summed E-state index contributed by atoms with van der Waals surface area (Å²) >= 11 is 0.681. The van der Waals surface area contributed by atoms with Crippen LogP contribution in [-0.4, -0.2) is 18.2 Å². The number of benzene rings is 1. The van der Waals surface area contributed by atoms with Crippen molar-refractivity contribution < 1.29 is 18.5 Å². The van der Waals surface area contributed by atoms with E-state index >= 15 is 0 Å². The minimum Gasteiger partial charge on any atom is -0.455 e.